The topological polar surface area (TPSA) is 75.2 Å². The number of anilines is 1. The highest BCUT2D eigenvalue weighted by molar-refractivity contribution is 7.71. The fourth-order valence-corrected chi connectivity index (χ4v) is 3.44. The van der Waals surface area contributed by atoms with Crippen molar-refractivity contribution in [2.75, 3.05) is 31.6 Å². The summed E-state index contributed by atoms with van der Waals surface area (Å²) >= 11 is 5.35. The van der Waals surface area contributed by atoms with E-state index in [1.807, 2.05) is 55.5 Å². The van der Waals surface area contributed by atoms with Gasteiger partial charge in [-0.2, -0.15) is 5.10 Å². The number of hydrogen-bond acceptors (Lipinski definition) is 5. The number of aryl methyl sites for hydroxylation is 1. The molecule has 2 aromatic carbocycles. The number of rotatable bonds is 10. The number of aromatic amines is 1. The molecule has 0 radical (unpaired) electrons. The lowest BCUT2D eigenvalue weighted by Gasteiger charge is -2.19. The van der Waals surface area contributed by atoms with Crippen LogP contribution in [-0.2, 0) is 11.3 Å². The van der Waals surface area contributed by atoms with Crippen molar-refractivity contribution < 1.29 is 9.53 Å². The first-order valence-electron chi connectivity index (χ1n) is 10.5. The molecule has 1 aromatic heterocycles. The summed E-state index contributed by atoms with van der Waals surface area (Å²) in [5.41, 5.74) is 2.68. The van der Waals surface area contributed by atoms with E-state index >= 15 is 0 Å². The van der Waals surface area contributed by atoms with E-state index in [2.05, 4.69) is 34.3 Å². The molecule has 0 spiro atoms. The molecule has 3 aromatic rings. The van der Waals surface area contributed by atoms with E-state index in [4.69, 9.17) is 17.0 Å². The highest BCUT2D eigenvalue weighted by atomic mass is 32.1. The maximum Gasteiger partial charge on any atom is 0.244 e. The Morgan fingerprint density at radius 2 is 1.87 bits per heavy atom. The van der Waals surface area contributed by atoms with E-state index in [1.54, 1.807) is 4.57 Å². The van der Waals surface area contributed by atoms with Crippen LogP contribution in [0.4, 0.5) is 5.69 Å². The number of carbonyl (C=O) groups excluding carboxylic acids is 1. The molecular formula is C23H29N5O2S. The number of ether oxygens (including phenoxy) is 1. The lowest BCUT2D eigenvalue weighted by atomic mass is 10.1. The molecule has 0 aliphatic heterocycles. The SMILES string of the molecule is CCN(CC)CCOc1ccccc1NC(=O)Cn1c(-c2ccc(C)cc2)n[nH]c1=S. The predicted octanol–water partition coefficient (Wildman–Crippen LogP) is 4.28. The van der Waals surface area contributed by atoms with E-state index in [0.717, 1.165) is 30.8 Å². The Kier molecular flexibility index (Phi) is 7.97. The summed E-state index contributed by atoms with van der Waals surface area (Å²) < 4.78 is 8.02. The molecule has 7 nitrogen and oxygen atoms in total. The van der Waals surface area contributed by atoms with Crippen LogP contribution in [0.15, 0.2) is 48.5 Å². The normalized spacial score (nSPS) is 11.0. The molecule has 8 heteroatoms. The van der Waals surface area contributed by atoms with Gasteiger partial charge in [0.05, 0.1) is 5.69 Å². The molecule has 0 bridgehead atoms. The van der Waals surface area contributed by atoms with Crippen LogP contribution in [0.3, 0.4) is 0 Å². The minimum Gasteiger partial charge on any atom is -0.490 e. The van der Waals surface area contributed by atoms with Crippen LogP contribution in [-0.4, -0.2) is 51.8 Å². The summed E-state index contributed by atoms with van der Waals surface area (Å²) in [5.74, 6) is 1.08. The molecule has 0 aliphatic rings. The van der Waals surface area contributed by atoms with E-state index in [-0.39, 0.29) is 12.5 Å². The maximum absolute atomic E-state index is 12.8. The fraction of sp³-hybridized carbons (Fsp3) is 0.348. The van der Waals surface area contributed by atoms with Gasteiger partial charge in [0.15, 0.2) is 10.6 Å². The minimum absolute atomic E-state index is 0.0479. The minimum atomic E-state index is -0.203. The van der Waals surface area contributed by atoms with Gasteiger partial charge < -0.3 is 15.0 Å². The molecule has 31 heavy (non-hydrogen) atoms. The van der Waals surface area contributed by atoms with Gasteiger partial charge in [-0.3, -0.25) is 14.5 Å². The average molecular weight is 440 g/mol. The second kappa shape index (κ2) is 10.9. The van der Waals surface area contributed by atoms with Crippen molar-refractivity contribution in [2.45, 2.75) is 27.3 Å². The number of nitrogens with zero attached hydrogens (tertiary/aromatic N) is 3. The number of H-pyrrole nitrogens is 1. The Morgan fingerprint density at radius 3 is 2.58 bits per heavy atom. The lowest BCUT2D eigenvalue weighted by Crippen LogP contribution is -2.28. The second-order valence-corrected chi connectivity index (χ2v) is 7.61. The lowest BCUT2D eigenvalue weighted by molar-refractivity contribution is -0.116. The Labute approximate surface area is 188 Å². The summed E-state index contributed by atoms with van der Waals surface area (Å²) in [6.45, 7) is 9.67. The van der Waals surface area contributed by atoms with Crippen LogP contribution in [0.1, 0.15) is 19.4 Å². The van der Waals surface area contributed by atoms with Gasteiger partial charge >= 0.3 is 0 Å². The van der Waals surface area contributed by atoms with Gasteiger partial charge in [0, 0.05) is 12.1 Å². The maximum atomic E-state index is 12.8. The molecule has 0 unspecified atom stereocenters. The van der Waals surface area contributed by atoms with Gasteiger partial charge in [-0.15, -0.1) is 0 Å². The average Bonchev–Trinajstić information content (AvgIpc) is 3.13. The molecule has 0 atom stereocenters. The second-order valence-electron chi connectivity index (χ2n) is 7.22. The summed E-state index contributed by atoms with van der Waals surface area (Å²) in [5, 5.41) is 10.0. The van der Waals surface area contributed by atoms with Crippen molar-refractivity contribution in [2.24, 2.45) is 0 Å². The van der Waals surface area contributed by atoms with Crippen LogP contribution in [0.5, 0.6) is 5.75 Å². The standard InChI is InChI=1S/C23H29N5O2S/c1-4-27(5-2)14-15-30-20-9-7-6-8-19(20)24-21(29)16-28-22(25-26-23(28)31)18-12-10-17(3)11-13-18/h6-13H,4-5,14-16H2,1-3H3,(H,24,29)(H,26,31). The van der Waals surface area contributed by atoms with Gasteiger partial charge in [-0.25, -0.2) is 0 Å². The largest absolute Gasteiger partial charge is 0.490 e. The quantitative estimate of drug-likeness (QED) is 0.461. The van der Waals surface area contributed by atoms with Gasteiger partial charge in [-0.05, 0) is 44.4 Å². The smallest absolute Gasteiger partial charge is 0.244 e. The molecular weight excluding hydrogens is 410 g/mol. The van der Waals surface area contributed by atoms with Crippen LogP contribution < -0.4 is 10.1 Å². The van der Waals surface area contributed by atoms with Crippen molar-refractivity contribution in [1.29, 1.82) is 0 Å². The summed E-state index contributed by atoms with van der Waals surface area (Å²) in [6, 6.07) is 15.4. The van der Waals surface area contributed by atoms with Gasteiger partial charge in [0.25, 0.3) is 0 Å². The molecule has 2 N–H and O–H groups in total. The molecule has 0 fully saturated rings. The van der Waals surface area contributed by atoms with Crippen molar-refractivity contribution >= 4 is 23.8 Å². The third kappa shape index (κ3) is 6.02. The number of hydrogen-bond donors (Lipinski definition) is 2. The van der Waals surface area contributed by atoms with Gasteiger partial charge in [-0.1, -0.05) is 55.8 Å². The Balaban J connectivity index is 1.69. The van der Waals surface area contributed by atoms with Crippen molar-refractivity contribution in [3.63, 3.8) is 0 Å². The first-order valence-corrected chi connectivity index (χ1v) is 10.9. The third-order valence-electron chi connectivity index (χ3n) is 5.09. The first kappa shape index (κ1) is 22.7. The zero-order valence-corrected chi connectivity index (χ0v) is 19.0. The number of aromatic nitrogens is 3. The number of para-hydroxylation sites is 2. The number of carbonyl (C=O) groups is 1. The van der Waals surface area contributed by atoms with Crippen molar-refractivity contribution in [3.8, 4) is 17.1 Å². The van der Waals surface area contributed by atoms with E-state index in [9.17, 15) is 4.79 Å². The molecule has 0 saturated carbocycles. The van der Waals surface area contributed by atoms with E-state index in [1.165, 1.54) is 0 Å². The zero-order valence-electron chi connectivity index (χ0n) is 18.2. The summed E-state index contributed by atoms with van der Waals surface area (Å²) in [6.07, 6.45) is 0. The highest BCUT2D eigenvalue weighted by Crippen LogP contribution is 2.24. The fourth-order valence-electron chi connectivity index (χ4n) is 3.24. The van der Waals surface area contributed by atoms with Crippen molar-refractivity contribution in [1.82, 2.24) is 19.7 Å². The summed E-state index contributed by atoms with van der Waals surface area (Å²) in [4.78, 5) is 15.1. The number of benzene rings is 2. The monoisotopic (exact) mass is 439 g/mol. The highest BCUT2D eigenvalue weighted by Gasteiger charge is 2.14. The molecule has 3 rings (SSSR count). The molecule has 0 saturated heterocycles. The predicted molar refractivity (Wildman–Crippen MR) is 126 cm³/mol. The van der Waals surface area contributed by atoms with E-state index in [0.29, 0.717) is 28.6 Å². The Hall–Kier alpha value is -2.97. The molecule has 1 heterocycles. The number of nitrogens with one attached hydrogen (secondary N) is 2. The van der Waals surface area contributed by atoms with Crippen LogP contribution in [0.2, 0.25) is 0 Å². The van der Waals surface area contributed by atoms with Crippen LogP contribution >= 0.6 is 12.2 Å². The van der Waals surface area contributed by atoms with Gasteiger partial charge in [0.2, 0.25) is 5.91 Å². The molecule has 0 aliphatic carbocycles. The molecule has 1 amide bonds. The van der Waals surface area contributed by atoms with Crippen LogP contribution in [0.25, 0.3) is 11.4 Å². The molecule has 164 valence electrons. The zero-order chi connectivity index (χ0) is 22.2. The number of likely N-dealkylation sites (N-methyl/N-ethyl adjacent to an activating group) is 1. The van der Waals surface area contributed by atoms with E-state index < -0.39 is 0 Å². The van der Waals surface area contributed by atoms with Crippen LogP contribution in [0, 0.1) is 11.7 Å². The van der Waals surface area contributed by atoms with Crippen molar-refractivity contribution in [3.05, 3.63) is 58.9 Å². The third-order valence-corrected chi connectivity index (χ3v) is 5.40. The number of amides is 1. The Morgan fingerprint density at radius 1 is 1.16 bits per heavy atom. The van der Waals surface area contributed by atoms with Gasteiger partial charge in [0.1, 0.15) is 18.9 Å². The Bertz CT molecular complexity index is 1050. The first-order chi connectivity index (χ1) is 15.0. The summed E-state index contributed by atoms with van der Waals surface area (Å²) in [7, 11) is 0.